The van der Waals surface area contributed by atoms with Gasteiger partial charge in [0, 0.05) is 51.5 Å². The third-order valence-corrected chi connectivity index (χ3v) is 7.63. The van der Waals surface area contributed by atoms with Crippen molar-refractivity contribution in [1.29, 1.82) is 0 Å². The lowest BCUT2D eigenvalue weighted by Gasteiger charge is -2.33. The normalized spacial score (nSPS) is 21.7. The molecule has 1 saturated heterocycles. The zero-order valence-electron chi connectivity index (χ0n) is 21.1. The van der Waals surface area contributed by atoms with Crippen molar-refractivity contribution in [3.05, 3.63) is 71.9 Å². The van der Waals surface area contributed by atoms with Crippen molar-refractivity contribution in [1.82, 2.24) is 15.2 Å². The largest absolute Gasteiger partial charge is 0.483 e. The number of aromatic nitrogens is 1. The maximum Gasteiger partial charge on any atom is 0.286 e. The van der Waals surface area contributed by atoms with Crippen LogP contribution in [-0.2, 0) is 9.53 Å². The molecule has 1 N–H and O–H groups in total. The van der Waals surface area contributed by atoms with Crippen molar-refractivity contribution in [2.45, 2.75) is 25.7 Å². The summed E-state index contributed by atoms with van der Waals surface area (Å²) >= 11 is 0. The number of rotatable bonds is 7. The van der Waals surface area contributed by atoms with Gasteiger partial charge in [-0.15, -0.1) is 0 Å². The van der Waals surface area contributed by atoms with E-state index in [0.717, 1.165) is 36.8 Å². The molecule has 1 atom stereocenters. The molecule has 0 aromatic carbocycles. The Morgan fingerprint density at radius 1 is 1.35 bits per heavy atom. The van der Waals surface area contributed by atoms with Gasteiger partial charge in [-0.2, -0.15) is 0 Å². The Hall–Kier alpha value is -4.01. The van der Waals surface area contributed by atoms with E-state index in [1.807, 2.05) is 17.1 Å². The zero-order valence-corrected chi connectivity index (χ0v) is 21.1. The van der Waals surface area contributed by atoms with Crippen molar-refractivity contribution in [2.75, 3.05) is 38.2 Å². The first-order valence-electron chi connectivity index (χ1n) is 12.6. The molecule has 1 saturated carbocycles. The third kappa shape index (κ3) is 5.40. The molecule has 1 aromatic rings. The van der Waals surface area contributed by atoms with Gasteiger partial charge in [0.05, 0.1) is 11.9 Å². The number of piperidine rings is 1. The summed E-state index contributed by atoms with van der Waals surface area (Å²) in [5.41, 5.74) is 2.86. The van der Waals surface area contributed by atoms with Crippen LogP contribution < -0.4 is 10.2 Å². The smallest absolute Gasteiger partial charge is 0.286 e. The Bertz CT molecular complexity index is 1220. The molecule has 37 heavy (non-hydrogen) atoms. The molecule has 9 nitrogen and oxygen atoms in total. The van der Waals surface area contributed by atoms with Gasteiger partial charge in [0.2, 0.25) is 0 Å². The SMILES string of the molecule is C=CN(C=NC)c1ccc(C(=O)N2CCC3(CC2)CC3CNC(=O)C2=CC3=CC=NC=C(CO2)C3)cn1. The van der Waals surface area contributed by atoms with Gasteiger partial charge in [-0.05, 0) is 72.4 Å². The fourth-order valence-electron chi connectivity index (χ4n) is 5.32. The summed E-state index contributed by atoms with van der Waals surface area (Å²) in [6, 6.07) is 3.59. The summed E-state index contributed by atoms with van der Waals surface area (Å²) in [4.78, 5) is 42.0. The quantitative estimate of drug-likeness (QED) is 0.458. The summed E-state index contributed by atoms with van der Waals surface area (Å²) in [5, 5.41) is 3.08. The second kappa shape index (κ2) is 10.5. The number of carbonyl (C=O) groups excluding carboxylic acids is 2. The van der Waals surface area contributed by atoms with Gasteiger partial charge in [-0.1, -0.05) is 6.58 Å². The minimum atomic E-state index is -0.171. The van der Waals surface area contributed by atoms with Gasteiger partial charge in [0.25, 0.3) is 11.8 Å². The molecular weight excluding hydrogens is 468 g/mol. The predicted molar refractivity (Wildman–Crippen MR) is 143 cm³/mol. The van der Waals surface area contributed by atoms with Crippen molar-refractivity contribution < 1.29 is 14.3 Å². The molecule has 1 aromatic heterocycles. The second-order valence-corrected chi connectivity index (χ2v) is 9.94. The molecule has 5 rings (SSSR count). The molecule has 1 unspecified atom stereocenters. The summed E-state index contributed by atoms with van der Waals surface area (Å²) < 4.78 is 5.75. The lowest BCUT2D eigenvalue weighted by molar-refractivity contribution is -0.120. The fraction of sp³-hybridized carbons (Fsp3) is 0.393. The Labute approximate surface area is 217 Å². The Kier molecular flexibility index (Phi) is 7.03. The van der Waals surface area contributed by atoms with E-state index in [-0.39, 0.29) is 17.2 Å². The number of ether oxygens (including phenoxy) is 1. The first-order chi connectivity index (χ1) is 18.0. The highest BCUT2D eigenvalue weighted by molar-refractivity contribution is 5.94. The molecule has 2 fully saturated rings. The number of hydrogen-bond donors (Lipinski definition) is 1. The molecule has 3 aliphatic heterocycles. The lowest BCUT2D eigenvalue weighted by Crippen LogP contribution is -2.40. The Morgan fingerprint density at radius 2 is 2.19 bits per heavy atom. The second-order valence-electron chi connectivity index (χ2n) is 9.94. The molecule has 4 aliphatic rings. The van der Waals surface area contributed by atoms with E-state index in [9.17, 15) is 9.59 Å². The molecule has 2 bridgehead atoms. The summed E-state index contributed by atoms with van der Waals surface area (Å²) in [7, 11) is 1.68. The highest BCUT2D eigenvalue weighted by atomic mass is 16.5. The van der Waals surface area contributed by atoms with Crippen molar-refractivity contribution in [2.24, 2.45) is 21.3 Å². The van der Waals surface area contributed by atoms with E-state index in [0.29, 0.717) is 49.3 Å². The lowest BCUT2D eigenvalue weighted by atomic mass is 9.90. The molecule has 1 aliphatic carbocycles. The van der Waals surface area contributed by atoms with Crippen LogP contribution in [0.25, 0.3) is 0 Å². The number of nitrogens with one attached hydrogen (secondary N) is 1. The monoisotopic (exact) mass is 500 g/mol. The number of likely N-dealkylation sites (tertiary alicyclic amines) is 1. The van der Waals surface area contributed by atoms with E-state index >= 15 is 0 Å². The fourth-order valence-corrected chi connectivity index (χ4v) is 5.32. The van der Waals surface area contributed by atoms with Gasteiger partial charge in [0.1, 0.15) is 12.4 Å². The van der Waals surface area contributed by atoms with Crippen LogP contribution in [0.1, 0.15) is 36.0 Å². The number of allylic oxidation sites excluding steroid dienone is 3. The van der Waals surface area contributed by atoms with E-state index in [1.54, 1.807) is 55.2 Å². The van der Waals surface area contributed by atoms with Crippen molar-refractivity contribution in [3.8, 4) is 0 Å². The molecule has 2 amide bonds. The van der Waals surface area contributed by atoms with Gasteiger partial charge in [-0.3, -0.25) is 24.5 Å². The Balaban J connectivity index is 1.11. The number of pyridine rings is 1. The maximum absolute atomic E-state index is 13.0. The average molecular weight is 501 g/mol. The summed E-state index contributed by atoms with van der Waals surface area (Å²) in [6.45, 7) is 6.19. The van der Waals surface area contributed by atoms with Crippen LogP contribution in [0.3, 0.4) is 0 Å². The van der Waals surface area contributed by atoms with Crippen LogP contribution in [-0.4, -0.2) is 67.5 Å². The van der Waals surface area contributed by atoms with E-state index in [2.05, 4.69) is 26.9 Å². The molecule has 0 radical (unpaired) electrons. The van der Waals surface area contributed by atoms with E-state index < -0.39 is 0 Å². The first kappa shape index (κ1) is 24.7. The standard InChI is InChI=1S/C28H32N6O3/c1-3-33(19-29-2)25-5-4-22(16-31-25)27(36)34-10-7-28(8-11-34)14-23(28)17-32-26(35)24-13-20-6-9-30-15-21(12-20)18-37-24/h3-6,9,13,15-16,19,23H,1,7-8,10-12,14,17-18H2,2H3,(H,32,35). The van der Waals surface area contributed by atoms with Gasteiger partial charge >= 0.3 is 0 Å². The number of aliphatic imine (C=N–C) groups is 2. The number of carbonyl (C=O) groups is 2. The average Bonchev–Trinajstić information content (AvgIpc) is 3.69. The van der Waals surface area contributed by atoms with E-state index in [4.69, 9.17) is 4.74 Å². The minimum Gasteiger partial charge on any atom is -0.483 e. The van der Waals surface area contributed by atoms with Crippen LogP contribution in [0.2, 0.25) is 0 Å². The topological polar surface area (TPSA) is 99.5 Å². The maximum atomic E-state index is 13.0. The van der Waals surface area contributed by atoms with Crippen molar-refractivity contribution >= 4 is 30.2 Å². The molecule has 192 valence electrons. The van der Waals surface area contributed by atoms with Gasteiger partial charge in [-0.25, -0.2) is 4.98 Å². The van der Waals surface area contributed by atoms with Crippen LogP contribution >= 0.6 is 0 Å². The minimum absolute atomic E-state index is 0.00152. The third-order valence-electron chi connectivity index (χ3n) is 7.63. The molecule has 1 spiro atoms. The highest BCUT2D eigenvalue weighted by Gasteiger charge is 2.54. The summed E-state index contributed by atoms with van der Waals surface area (Å²) in [6.07, 6.45) is 15.8. The van der Waals surface area contributed by atoms with Gasteiger partial charge < -0.3 is 15.0 Å². The zero-order chi connectivity index (χ0) is 25.8. The van der Waals surface area contributed by atoms with Crippen LogP contribution in [0, 0.1) is 11.3 Å². The predicted octanol–water partition coefficient (Wildman–Crippen LogP) is 3.25. The number of anilines is 1. The molecule has 9 heteroatoms. The first-order valence-corrected chi connectivity index (χ1v) is 12.6. The van der Waals surface area contributed by atoms with E-state index in [1.165, 1.54) is 0 Å². The highest BCUT2D eigenvalue weighted by Crippen LogP contribution is 2.59. The number of hydrogen-bond acceptors (Lipinski definition) is 6. The number of amides is 2. The number of fused-ring (bicyclic) bond motifs is 2. The number of nitrogens with zero attached hydrogens (tertiary/aromatic N) is 5. The Morgan fingerprint density at radius 3 is 2.92 bits per heavy atom. The van der Waals surface area contributed by atoms with Gasteiger partial charge in [0.15, 0.2) is 5.76 Å². The van der Waals surface area contributed by atoms with Crippen molar-refractivity contribution in [3.63, 3.8) is 0 Å². The molecular formula is C28H32N6O3. The summed E-state index contributed by atoms with van der Waals surface area (Å²) in [5.74, 6) is 1.28. The van der Waals surface area contributed by atoms with Crippen LogP contribution in [0.4, 0.5) is 5.82 Å². The van der Waals surface area contributed by atoms with Crippen LogP contribution in [0.5, 0.6) is 0 Å². The molecule has 4 heterocycles. The van der Waals surface area contributed by atoms with Crippen LogP contribution in [0.15, 0.2) is 76.4 Å².